The van der Waals surface area contributed by atoms with Gasteiger partial charge in [-0.3, -0.25) is 0 Å². The van der Waals surface area contributed by atoms with Crippen LogP contribution in [0, 0.1) is 6.92 Å². The Labute approximate surface area is 123 Å². The molecule has 0 saturated carbocycles. The largest absolute Gasteiger partial charge is 0.470 e. The number of nitrogens with zero attached hydrogens (tertiary/aromatic N) is 3. The zero-order chi connectivity index (χ0) is 14.4. The third-order valence-electron chi connectivity index (χ3n) is 2.63. The fraction of sp³-hybridized carbons (Fsp3) is 0.429. The monoisotopic (exact) mass is 325 g/mol. The summed E-state index contributed by atoms with van der Waals surface area (Å²) >= 11 is 3.45. The molecule has 0 N–H and O–H groups in total. The summed E-state index contributed by atoms with van der Waals surface area (Å²) in [4.78, 5) is 10.8. The lowest BCUT2D eigenvalue weighted by Crippen LogP contribution is -2.14. The minimum atomic E-state index is -0.0798. The van der Waals surface area contributed by atoms with Gasteiger partial charge < -0.3 is 9.64 Å². The number of halogens is 1. The van der Waals surface area contributed by atoms with Crippen LogP contribution in [0.2, 0.25) is 0 Å². The molecule has 0 bridgehead atoms. The first kappa shape index (κ1) is 15.7. The molecule has 0 aromatic carbocycles. The molecule has 104 valence electrons. The predicted octanol–water partition coefficient (Wildman–Crippen LogP) is 3.72. The molecule has 1 unspecified atom stereocenters. The van der Waals surface area contributed by atoms with Gasteiger partial charge in [-0.15, -0.1) is 0 Å². The van der Waals surface area contributed by atoms with Gasteiger partial charge in [-0.1, -0.05) is 12.7 Å². The smallest absolute Gasteiger partial charge is 0.228 e. The van der Waals surface area contributed by atoms with Crippen LogP contribution < -0.4 is 4.74 Å². The zero-order valence-electron chi connectivity index (χ0n) is 11.9. The first-order chi connectivity index (χ1) is 8.97. The maximum Gasteiger partial charge on any atom is 0.228 e. The van der Waals surface area contributed by atoms with Crippen LogP contribution in [0.5, 0.6) is 5.88 Å². The van der Waals surface area contributed by atoms with E-state index in [-0.39, 0.29) is 6.10 Å². The van der Waals surface area contributed by atoms with E-state index in [1.807, 2.05) is 31.9 Å². The molecular weight excluding hydrogens is 306 g/mol. The molecule has 1 aromatic rings. The van der Waals surface area contributed by atoms with Crippen molar-refractivity contribution in [3.05, 3.63) is 28.9 Å². The van der Waals surface area contributed by atoms with Crippen LogP contribution >= 0.6 is 15.9 Å². The van der Waals surface area contributed by atoms with E-state index in [9.17, 15) is 0 Å². The van der Waals surface area contributed by atoms with Crippen molar-refractivity contribution in [3.63, 3.8) is 0 Å². The molecule has 1 atom stereocenters. The molecule has 0 aliphatic heterocycles. The Morgan fingerprint density at radius 2 is 2.32 bits per heavy atom. The van der Waals surface area contributed by atoms with Crippen LogP contribution in [-0.4, -0.2) is 35.9 Å². The molecule has 1 aromatic heterocycles. The van der Waals surface area contributed by atoms with Crippen LogP contribution in [0.25, 0.3) is 0 Å². The molecule has 0 aliphatic rings. The SMILES string of the molecule is C=CC(C)Oc1nc(C)c(/N=C/N(C)CC)cc1Br. The second-order valence-electron chi connectivity index (χ2n) is 4.26. The zero-order valence-corrected chi connectivity index (χ0v) is 13.4. The van der Waals surface area contributed by atoms with Crippen LogP contribution in [-0.2, 0) is 0 Å². The van der Waals surface area contributed by atoms with Crippen molar-refractivity contribution in [2.45, 2.75) is 26.9 Å². The lowest BCUT2D eigenvalue weighted by molar-refractivity contribution is 0.257. The molecule has 0 amide bonds. The topological polar surface area (TPSA) is 37.7 Å². The Morgan fingerprint density at radius 3 is 2.89 bits per heavy atom. The quantitative estimate of drug-likeness (QED) is 0.454. The average molecular weight is 326 g/mol. The standard InChI is InChI=1S/C14H20BrN3O/c1-6-10(3)19-14-12(15)8-13(11(4)17-14)16-9-18(5)7-2/h6,8-10H,1,7H2,2-5H3/b16-9+. The van der Waals surface area contributed by atoms with Crippen molar-refractivity contribution >= 4 is 28.0 Å². The third kappa shape index (κ3) is 4.67. The van der Waals surface area contributed by atoms with E-state index in [0.29, 0.717) is 5.88 Å². The van der Waals surface area contributed by atoms with E-state index in [1.165, 1.54) is 0 Å². The summed E-state index contributed by atoms with van der Waals surface area (Å²) in [6.07, 6.45) is 3.44. The van der Waals surface area contributed by atoms with Crippen LogP contribution in [0.3, 0.4) is 0 Å². The molecule has 4 nitrogen and oxygen atoms in total. The number of rotatable bonds is 6. The van der Waals surface area contributed by atoms with E-state index < -0.39 is 0 Å². The van der Waals surface area contributed by atoms with Gasteiger partial charge in [0.1, 0.15) is 6.10 Å². The fourth-order valence-electron chi connectivity index (χ4n) is 1.23. The summed E-state index contributed by atoms with van der Waals surface area (Å²) in [6, 6.07) is 1.91. The number of hydrogen-bond acceptors (Lipinski definition) is 3. The second-order valence-corrected chi connectivity index (χ2v) is 5.11. The number of aryl methyl sites for hydroxylation is 1. The molecule has 0 radical (unpaired) electrons. The lowest BCUT2D eigenvalue weighted by atomic mass is 10.3. The van der Waals surface area contributed by atoms with Gasteiger partial charge in [0.15, 0.2) is 0 Å². The van der Waals surface area contributed by atoms with Gasteiger partial charge in [-0.2, -0.15) is 0 Å². The highest BCUT2D eigenvalue weighted by Crippen LogP contribution is 2.30. The molecule has 19 heavy (non-hydrogen) atoms. The average Bonchev–Trinajstić information content (AvgIpc) is 2.40. The molecular formula is C14H20BrN3O. The predicted molar refractivity (Wildman–Crippen MR) is 83.4 cm³/mol. The Kier molecular flexibility index (Phi) is 6.02. The second kappa shape index (κ2) is 7.28. The highest BCUT2D eigenvalue weighted by atomic mass is 79.9. The van der Waals surface area contributed by atoms with Crippen molar-refractivity contribution in [2.75, 3.05) is 13.6 Å². The highest BCUT2D eigenvalue weighted by molar-refractivity contribution is 9.10. The van der Waals surface area contributed by atoms with Crippen molar-refractivity contribution in [2.24, 2.45) is 4.99 Å². The minimum absolute atomic E-state index is 0.0798. The van der Waals surface area contributed by atoms with E-state index in [2.05, 4.69) is 39.4 Å². The summed E-state index contributed by atoms with van der Waals surface area (Å²) in [6.45, 7) is 10.5. The van der Waals surface area contributed by atoms with Crippen molar-refractivity contribution in [1.82, 2.24) is 9.88 Å². The fourth-order valence-corrected chi connectivity index (χ4v) is 1.63. The molecule has 1 rings (SSSR count). The number of hydrogen-bond donors (Lipinski definition) is 0. The maximum atomic E-state index is 5.64. The van der Waals surface area contributed by atoms with E-state index in [0.717, 1.165) is 22.4 Å². The van der Waals surface area contributed by atoms with Gasteiger partial charge in [0.05, 0.1) is 22.2 Å². The minimum Gasteiger partial charge on any atom is -0.470 e. The molecule has 0 spiro atoms. The van der Waals surface area contributed by atoms with Crippen molar-refractivity contribution in [1.29, 1.82) is 0 Å². The maximum absolute atomic E-state index is 5.64. The number of pyridine rings is 1. The Bertz CT molecular complexity index is 474. The van der Waals surface area contributed by atoms with E-state index in [1.54, 1.807) is 12.4 Å². The van der Waals surface area contributed by atoms with Gasteiger partial charge in [0, 0.05) is 13.6 Å². The first-order valence-electron chi connectivity index (χ1n) is 6.18. The highest BCUT2D eigenvalue weighted by Gasteiger charge is 2.10. The van der Waals surface area contributed by atoms with Gasteiger partial charge in [0.2, 0.25) is 5.88 Å². The van der Waals surface area contributed by atoms with Crippen molar-refractivity contribution in [3.8, 4) is 5.88 Å². The molecule has 0 fully saturated rings. The van der Waals surface area contributed by atoms with Gasteiger partial charge in [0.25, 0.3) is 0 Å². The van der Waals surface area contributed by atoms with Crippen LogP contribution in [0.4, 0.5) is 5.69 Å². The van der Waals surface area contributed by atoms with Gasteiger partial charge in [-0.25, -0.2) is 9.98 Å². The molecule has 1 heterocycles. The molecule has 5 heteroatoms. The Hall–Kier alpha value is -1.36. The van der Waals surface area contributed by atoms with Crippen LogP contribution in [0.15, 0.2) is 28.2 Å². The van der Waals surface area contributed by atoms with E-state index >= 15 is 0 Å². The Balaban J connectivity index is 2.96. The summed E-state index contributed by atoms with van der Waals surface area (Å²) in [5, 5.41) is 0. The number of ether oxygens (including phenoxy) is 1. The summed E-state index contributed by atoms with van der Waals surface area (Å²) in [5.41, 5.74) is 1.65. The summed E-state index contributed by atoms with van der Waals surface area (Å²) in [7, 11) is 1.98. The Morgan fingerprint density at radius 1 is 1.63 bits per heavy atom. The summed E-state index contributed by atoms with van der Waals surface area (Å²) < 4.78 is 6.43. The lowest BCUT2D eigenvalue weighted by Gasteiger charge is -2.13. The van der Waals surface area contributed by atoms with Crippen LogP contribution in [0.1, 0.15) is 19.5 Å². The third-order valence-corrected chi connectivity index (χ3v) is 3.20. The summed E-state index contributed by atoms with van der Waals surface area (Å²) in [5.74, 6) is 0.563. The van der Waals surface area contributed by atoms with Gasteiger partial charge >= 0.3 is 0 Å². The molecule has 0 saturated heterocycles. The van der Waals surface area contributed by atoms with E-state index in [4.69, 9.17) is 4.74 Å². The molecule has 0 aliphatic carbocycles. The van der Waals surface area contributed by atoms with Gasteiger partial charge in [-0.05, 0) is 42.8 Å². The van der Waals surface area contributed by atoms with Crippen molar-refractivity contribution < 1.29 is 4.74 Å². The number of aliphatic imine (C=N–C) groups is 1. The first-order valence-corrected chi connectivity index (χ1v) is 6.98. The normalized spacial score (nSPS) is 12.5. The number of aromatic nitrogens is 1.